The zero-order chi connectivity index (χ0) is 20.1. The van der Waals surface area contributed by atoms with Crippen molar-refractivity contribution in [1.82, 2.24) is 9.88 Å². The molecule has 1 aromatic heterocycles. The van der Waals surface area contributed by atoms with E-state index >= 15 is 0 Å². The van der Waals surface area contributed by atoms with Crippen LogP contribution in [0.15, 0.2) is 60.8 Å². The molecule has 0 atom stereocenters. The molecule has 1 saturated heterocycles. The summed E-state index contributed by atoms with van der Waals surface area (Å²) in [6.07, 6.45) is 2.18. The van der Waals surface area contributed by atoms with E-state index in [1.165, 1.54) is 5.69 Å². The van der Waals surface area contributed by atoms with Crippen LogP contribution in [0.2, 0.25) is 0 Å². The summed E-state index contributed by atoms with van der Waals surface area (Å²) in [5.41, 5.74) is 3.92. The van der Waals surface area contributed by atoms with E-state index in [9.17, 15) is 4.79 Å². The molecular weight excluding hydrogens is 362 g/mol. The van der Waals surface area contributed by atoms with Gasteiger partial charge < -0.3 is 20.4 Å². The smallest absolute Gasteiger partial charge is 0.226 e. The molecule has 2 N–H and O–H groups in total. The van der Waals surface area contributed by atoms with Crippen LogP contribution in [-0.4, -0.2) is 55.6 Å². The van der Waals surface area contributed by atoms with Gasteiger partial charge in [-0.25, -0.2) is 0 Å². The van der Waals surface area contributed by atoms with Crippen molar-refractivity contribution in [2.24, 2.45) is 0 Å². The Labute approximate surface area is 171 Å². The number of nitrogens with zero attached hydrogens (tertiary/aromatic N) is 3. The molecular formula is C23H27N5O. The van der Waals surface area contributed by atoms with E-state index in [1.54, 1.807) is 6.20 Å². The molecule has 1 fully saturated rings. The highest BCUT2D eigenvalue weighted by molar-refractivity contribution is 5.92. The number of para-hydroxylation sites is 1. The summed E-state index contributed by atoms with van der Waals surface area (Å²) in [6, 6.07) is 18.1. The van der Waals surface area contributed by atoms with Gasteiger partial charge >= 0.3 is 0 Å². The van der Waals surface area contributed by atoms with Gasteiger partial charge in [-0.3, -0.25) is 9.78 Å². The lowest BCUT2D eigenvalue weighted by atomic mass is 10.2. The van der Waals surface area contributed by atoms with Gasteiger partial charge in [0.05, 0.1) is 11.2 Å². The van der Waals surface area contributed by atoms with Crippen LogP contribution in [0.25, 0.3) is 10.9 Å². The molecule has 4 rings (SSSR count). The van der Waals surface area contributed by atoms with Gasteiger partial charge in [0.15, 0.2) is 0 Å². The third-order valence-electron chi connectivity index (χ3n) is 5.32. The molecule has 0 aliphatic carbocycles. The number of likely N-dealkylation sites (N-methyl/N-ethyl adjacent to an activating group) is 1. The first-order chi connectivity index (χ1) is 14.2. The number of carbonyl (C=O) groups is 1. The summed E-state index contributed by atoms with van der Waals surface area (Å²) in [4.78, 5) is 21.5. The number of anilines is 3. The summed E-state index contributed by atoms with van der Waals surface area (Å²) in [7, 11) is 2.15. The highest BCUT2D eigenvalue weighted by atomic mass is 16.1. The van der Waals surface area contributed by atoms with E-state index in [0.29, 0.717) is 13.0 Å². The molecule has 0 spiro atoms. The zero-order valence-electron chi connectivity index (χ0n) is 16.8. The molecule has 0 bridgehead atoms. The van der Waals surface area contributed by atoms with Crippen molar-refractivity contribution >= 4 is 33.9 Å². The highest BCUT2D eigenvalue weighted by Gasteiger charge is 2.14. The van der Waals surface area contributed by atoms with Gasteiger partial charge in [0, 0.05) is 62.1 Å². The van der Waals surface area contributed by atoms with Crippen LogP contribution in [0.3, 0.4) is 0 Å². The summed E-state index contributed by atoms with van der Waals surface area (Å²) in [6.45, 7) is 4.80. The van der Waals surface area contributed by atoms with Crippen LogP contribution in [0.4, 0.5) is 17.1 Å². The lowest BCUT2D eigenvalue weighted by molar-refractivity contribution is -0.115. The van der Waals surface area contributed by atoms with E-state index in [1.807, 2.05) is 42.5 Å². The molecule has 0 unspecified atom stereocenters. The number of carbonyl (C=O) groups excluding carboxylic acids is 1. The minimum atomic E-state index is -0.00181. The normalized spacial score (nSPS) is 14.7. The summed E-state index contributed by atoms with van der Waals surface area (Å²) < 4.78 is 0. The van der Waals surface area contributed by atoms with Crippen molar-refractivity contribution in [2.45, 2.75) is 6.42 Å². The van der Waals surface area contributed by atoms with Gasteiger partial charge in [0.1, 0.15) is 0 Å². The minimum absolute atomic E-state index is 0.00181. The molecule has 150 valence electrons. The fraction of sp³-hybridized carbons (Fsp3) is 0.304. The average molecular weight is 390 g/mol. The van der Waals surface area contributed by atoms with Crippen LogP contribution in [0.5, 0.6) is 0 Å². The van der Waals surface area contributed by atoms with Gasteiger partial charge in [0.25, 0.3) is 0 Å². The van der Waals surface area contributed by atoms with Gasteiger partial charge in [-0.1, -0.05) is 18.2 Å². The molecule has 1 aliphatic heterocycles. The average Bonchev–Trinajstić information content (AvgIpc) is 2.75. The van der Waals surface area contributed by atoms with Crippen molar-refractivity contribution in [3.05, 3.63) is 60.8 Å². The number of fused-ring (bicyclic) bond motifs is 1. The van der Waals surface area contributed by atoms with E-state index in [-0.39, 0.29) is 5.91 Å². The van der Waals surface area contributed by atoms with Gasteiger partial charge in [-0.2, -0.15) is 0 Å². The molecule has 1 aliphatic rings. The van der Waals surface area contributed by atoms with E-state index in [4.69, 9.17) is 0 Å². The molecule has 2 heterocycles. The first kappa shape index (κ1) is 19.2. The molecule has 6 heteroatoms. The van der Waals surface area contributed by atoms with Crippen molar-refractivity contribution in [3.63, 3.8) is 0 Å². The zero-order valence-corrected chi connectivity index (χ0v) is 16.8. The first-order valence-electron chi connectivity index (χ1n) is 10.1. The molecule has 0 saturated carbocycles. The number of pyridine rings is 1. The number of aromatic nitrogens is 1. The monoisotopic (exact) mass is 389 g/mol. The number of piperazine rings is 1. The Morgan fingerprint density at radius 1 is 1.00 bits per heavy atom. The van der Waals surface area contributed by atoms with E-state index < -0.39 is 0 Å². The summed E-state index contributed by atoms with van der Waals surface area (Å²) >= 11 is 0. The number of nitrogens with one attached hydrogen (secondary N) is 2. The maximum absolute atomic E-state index is 12.3. The Morgan fingerprint density at radius 3 is 2.55 bits per heavy atom. The first-order valence-corrected chi connectivity index (χ1v) is 10.1. The second-order valence-electron chi connectivity index (χ2n) is 7.44. The summed E-state index contributed by atoms with van der Waals surface area (Å²) in [5.74, 6) is -0.00181. The Hall–Kier alpha value is -3.12. The second-order valence-corrected chi connectivity index (χ2v) is 7.44. The molecule has 3 aromatic rings. The van der Waals surface area contributed by atoms with E-state index in [0.717, 1.165) is 48.5 Å². The molecule has 1 amide bonds. The van der Waals surface area contributed by atoms with Crippen molar-refractivity contribution in [1.29, 1.82) is 0 Å². The molecule has 2 aromatic carbocycles. The minimum Gasteiger partial charge on any atom is -0.383 e. The highest BCUT2D eigenvalue weighted by Crippen LogP contribution is 2.21. The third kappa shape index (κ3) is 4.84. The molecule has 29 heavy (non-hydrogen) atoms. The number of hydrogen-bond acceptors (Lipinski definition) is 5. The third-order valence-corrected chi connectivity index (χ3v) is 5.32. The van der Waals surface area contributed by atoms with Crippen LogP contribution < -0.4 is 15.5 Å². The Kier molecular flexibility index (Phi) is 5.91. The predicted molar refractivity (Wildman–Crippen MR) is 120 cm³/mol. The van der Waals surface area contributed by atoms with Gasteiger partial charge in [-0.15, -0.1) is 0 Å². The Bertz CT molecular complexity index is 959. The van der Waals surface area contributed by atoms with Crippen molar-refractivity contribution < 1.29 is 4.79 Å². The largest absolute Gasteiger partial charge is 0.383 e. The second kappa shape index (κ2) is 8.92. The van der Waals surface area contributed by atoms with E-state index in [2.05, 4.69) is 44.6 Å². The Balaban J connectivity index is 1.27. The summed E-state index contributed by atoms with van der Waals surface area (Å²) in [5, 5.41) is 7.39. The number of amides is 1. The van der Waals surface area contributed by atoms with Crippen molar-refractivity contribution in [2.75, 3.05) is 55.3 Å². The predicted octanol–water partition coefficient (Wildman–Crippen LogP) is 3.43. The van der Waals surface area contributed by atoms with Gasteiger partial charge in [-0.05, 0) is 43.4 Å². The van der Waals surface area contributed by atoms with Crippen LogP contribution in [0.1, 0.15) is 6.42 Å². The molecule has 0 radical (unpaired) electrons. The standard InChI is InChI=1S/C23H27N5O/c1-27-14-16-28(17-15-27)20-9-7-19(8-10-20)26-22(29)11-13-24-21-6-2-4-18-5-3-12-25-23(18)21/h2-10,12,24H,11,13-17H2,1H3,(H,26,29). The quantitative estimate of drug-likeness (QED) is 0.676. The lowest BCUT2D eigenvalue weighted by Gasteiger charge is -2.34. The maximum Gasteiger partial charge on any atom is 0.226 e. The molecule has 6 nitrogen and oxygen atoms in total. The number of rotatable bonds is 6. The van der Waals surface area contributed by atoms with Gasteiger partial charge in [0.2, 0.25) is 5.91 Å². The van der Waals surface area contributed by atoms with Crippen LogP contribution in [-0.2, 0) is 4.79 Å². The fourth-order valence-corrected chi connectivity index (χ4v) is 3.60. The van der Waals surface area contributed by atoms with Crippen LogP contribution >= 0.6 is 0 Å². The topological polar surface area (TPSA) is 60.5 Å². The number of hydrogen-bond donors (Lipinski definition) is 2. The van der Waals surface area contributed by atoms with Crippen molar-refractivity contribution in [3.8, 4) is 0 Å². The number of benzene rings is 2. The maximum atomic E-state index is 12.3. The fourth-order valence-electron chi connectivity index (χ4n) is 3.60. The lowest BCUT2D eigenvalue weighted by Crippen LogP contribution is -2.44. The Morgan fingerprint density at radius 2 is 1.76 bits per heavy atom. The SMILES string of the molecule is CN1CCN(c2ccc(NC(=O)CCNc3cccc4cccnc34)cc2)CC1. The van der Waals surface area contributed by atoms with Crippen LogP contribution in [0, 0.1) is 0 Å².